The van der Waals surface area contributed by atoms with Crippen LogP contribution in [0.15, 0.2) is 18.2 Å². The fourth-order valence-corrected chi connectivity index (χ4v) is 1.94. The molecule has 0 amide bonds. The molecule has 0 saturated heterocycles. The maximum atomic E-state index is 8.90. The third kappa shape index (κ3) is 4.12. The van der Waals surface area contributed by atoms with E-state index >= 15 is 0 Å². The van der Waals surface area contributed by atoms with E-state index in [9.17, 15) is 0 Å². The van der Waals surface area contributed by atoms with E-state index in [-0.39, 0.29) is 6.61 Å². The minimum Gasteiger partial charge on any atom is -0.396 e. The Labute approximate surface area is 103 Å². The van der Waals surface area contributed by atoms with Crippen molar-refractivity contribution < 1.29 is 5.11 Å². The Balaban J connectivity index is 2.53. The fraction of sp³-hybridized carbons (Fsp3) is 0.538. The molecule has 90 valence electrons. The lowest BCUT2D eigenvalue weighted by Gasteiger charge is -2.16. The summed E-state index contributed by atoms with van der Waals surface area (Å²) in [6.07, 6.45) is 1.84. The van der Waals surface area contributed by atoms with Crippen molar-refractivity contribution in [1.82, 2.24) is 5.32 Å². The Bertz CT molecular complexity index is 328. The standard InChI is InChI=1S/C13H20ClNO/c1-3-13(6-7-16)15-9-11-4-5-12(14)8-10(11)2/h4-5,8,13,15-16H,3,6-7,9H2,1-2H3. The number of hydrogen-bond donors (Lipinski definition) is 2. The summed E-state index contributed by atoms with van der Waals surface area (Å²) in [6, 6.07) is 6.33. The van der Waals surface area contributed by atoms with Crippen LogP contribution >= 0.6 is 11.6 Å². The lowest BCUT2D eigenvalue weighted by atomic mass is 10.1. The summed E-state index contributed by atoms with van der Waals surface area (Å²) in [4.78, 5) is 0. The monoisotopic (exact) mass is 241 g/mol. The van der Waals surface area contributed by atoms with Crippen LogP contribution in [0.3, 0.4) is 0 Å². The van der Waals surface area contributed by atoms with Gasteiger partial charge in [0, 0.05) is 24.2 Å². The topological polar surface area (TPSA) is 32.3 Å². The van der Waals surface area contributed by atoms with E-state index in [1.807, 2.05) is 12.1 Å². The summed E-state index contributed by atoms with van der Waals surface area (Å²) in [5.74, 6) is 0. The van der Waals surface area contributed by atoms with Crippen molar-refractivity contribution in [3.05, 3.63) is 34.3 Å². The van der Waals surface area contributed by atoms with Crippen LogP contribution in [0.25, 0.3) is 0 Å². The van der Waals surface area contributed by atoms with Crippen LogP contribution in [0.2, 0.25) is 5.02 Å². The van der Waals surface area contributed by atoms with E-state index in [0.717, 1.165) is 24.4 Å². The van der Waals surface area contributed by atoms with Crippen molar-refractivity contribution in [1.29, 1.82) is 0 Å². The third-order valence-electron chi connectivity index (χ3n) is 2.86. The van der Waals surface area contributed by atoms with Crippen LogP contribution in [0.4, 0.5) is 0 Å². The largest absolute Gasteiger partial charge is 0.396 e. The van der Waals surface area contributed by atoms with Gasteiger partial charge in [0.05, 0.1) is 0 Å². The highest BCUT2D eigenvalue weighted by Gasteiger charge is 2.05. The Kier molecular flexibility index (Phi) is 5.81. The van der Waals surface area contributed by atoms with E-state index in [0.29, 0.717) is 6.04 Å². The molecule has 0 saturated carbocycles. The molecule has 1 unspecified atom stereocenters. The molecule has 0 spiro atoms. The molecule has 1 rings (SSSR count). The van der Waals surface area contributed by atoms with Crippen LogP contribution in [0.5, 0.6) is 0 Å². The molecule has 0 aliphatic rings. The van der Waals surface area contributed by atoms with Gasteiger partial charge >= 0.3 is 0 Å². The number of aliphatic hydroxyl groups is 1. The summed E-state index contributed by atoms with van der Waals surface area (Å²) in [5, 5.41) is 13.1. The van der Waals surface area contributed by atoms with Crippen LogP contribution in [0.1, 0.15) is 30.9 Å². The molecular formula is C13H20ClNO. The van der Waals surface area contributed by atoms with Gasteiger partial charge in [-0.3, -0.25) is 0 Å². The van der Waals surface area contributed by atoms with Gasteiger partial charge in [-0.2, -0.15) is 0 Å². The fourth-order valence-electron chi connectivity index (χ4n) is 1.72. The molecule has 0 fully saturated rings. The predicted octanol–water partition coefficient (Wildman–Crippen LogP) is 2.90. The average Bonchev–Trinajstić information content (AvgIpc) is 2.26. The summed E-state index contributed by atoms with van der Waals surface area (Å²) >= 11 is 5.90. The third-order valence-corrected chi connectivity index (χ3v) is 3.09. The summed E-state index contributed by atoms with van der Waals surface area (Å²) in [7, 11) is 0. The second-order valence-corrected chi connectivity index (χ2v) is 4.51. The molecule has 1 atom stereocenters. The Morgan fingerprint density at radius 2 is 2.19 bits per heavy atom. The van der Waals surface area contributed by atoms with Gasteiger partial charge in [-0.05, 0) is 43.0 Å². The van der Waals surface area contributed by atoms with Gasteiger partial charge in [-0.25, -0.2) is 0 Å². The number of hydrogen-bond acceptors (Lipinski definition) is 2. The van der Waals surface area contributed by atoms with Gasteiger partial charge < -0.3 is 10.4 Å². The molecule has 0 aliphatic carbocycles. The first-order chi connectivity index (χ1) is 7.67. The van der Waals surface area contributed by atoms with Gasteiger partial charge in [0.15, 0.2) is 0 Å². The SMILES string of the molecule is CCC(CCO)NCc1ccc(Cl)cc1C. The Morgan fingerprint density at radius 1 is 1.44 bits per heavy atom. The van der Waals surface area contributed by atoms with Crippen molar-refractivity contribution in [2.24, 2.45) is 0 Å². The summed E-state index contributed by atoms with van der Waals surface area (Å²) in [5.41, 5.74) is 2.47. The molecule has 0 heterocycles. The lowest BCUT2D eigenvalue weighted by molar-refractivity contribution is 0.262. The van der Waals surface area contributed by atoms with E-state index in [1.54, 1.807) is 0 Å². The van der Waals surface area contributed by atoms with Gasteiger partial charge in [0.25, 0.3) is 0 Å². The first-order valence-corrected chi connectivity index (χ1v) is 6.14. The molecule has 3 heteroatoms. The Hall–Kier alpha value is -0.570. The highest BCUT2D eigenvalue weighted by molar-refractivity contribution is 6.30. The van der Waals surface area contributed by atoms with Gasteiger partial charge in [0.1, 0.15) is 0 Å². The van der Waals surface area contributed by atoms with E-state index < -0.39 is 0 Å². The number of aryl methyl sites for hydroxylation is 1. The van der Waals surface area contributed by atoms with Crippen molar-refractivity contribution in [3.63, 3.8) is 0 Å². The second-order valence-electron chi connectivity index (χ2n) is 4.07. The first-order valence-electron chi connectivity index (χ1n) is 5.76. The van der Waals surface area contributed by atoms with E-state index in [4.69, 9.17) is 16.7 Å². The second kappa shape index (κ2) is 6.89. The minimum atomic E-state index is 0.241. The molecule has 0 aliphatic heterocycles. The van der Waals surface area contributed by atoms with Crippen molar-refractivity contribution >= 4 is 11.6 Å². The maximum absolute atomic E-state index is 8.90. The molecule has 1 aromatic rings. The van der Waals surface area contributed by atoms with E-state index in [1.165, 1.54) is 11.1 Å². The molecule has 2 N–H and O–H groups in total. The maximum Gasteiger partial charge on any atom is 0.0445 e. The van der Waals surface area contributed by atoms with Crippen molar-refractivity contribution in [2.45, 2.75) is 39.3 Å². The van der Waals surface area contributed by atoms with Crippen LogP contribution < -0.4 is 5.32 Å². The molecular weight excluding hydrogens is 222 g/mol. The molecule has 0 aromatic heterocycles. The number of benzene rings is 1. The predicted molar refractivity (Wildman–Crippen MR) is 68.8 cm³/mol. The smallest absolute Gasteiger partial charge is 0.0445 e. The number of halogens is 1. The van der Waals surface area contributed by atoms with E-state index in [2.05, 4.69) is 25.2 Å². The highest BCUT2D eigenvalue weighted by Crippen LogP contribution is 2.15. The van der Waals surface area contributed by atoms with Crippen LogP contribution in [-0.2, 0) is 6.54 Å². The highest BCUT2D eigenvalue weighted by atomic mass is 35.5. The van der Waals surface area contributed by atoms with Crippen LogP contribution in [-0.4, -0.2) is 17.8 Å². The molecule has 0 bridgehead atoms. The number of nitrogens with one attached hydrogen (secondary N) is 1. The number of aliphatic hydroxyl groups excluding tert-OH is 1. The van der Waals surface area contributed by atoms with Crippen molar-refractivity contribution in [2.75, 3.05) is 6.61 Å². The number of rotatable bonds is 6. The average molecular weight is 242 g/mol. The zero-order chi connectivity index (χ0) is 12.0. The first kappa shape index (κ1) is 13.5. The quantitative estimate of drug-likeness (QED) is 0.803. The molecule has 2 nitrogen and oxygen atoms in total. The normalized spacial score (nSPS) is 12.8. The zero-order valence-corrected chi connectivity index (χ0v) is 10.7. The van der Waals surface area contributed by atoms with Gasteiger partial charge in [0.2, 0.25) is 0 Å². The van der Waals surface area contributed by atoms with Gasteiger partial charge in [-0.15, -0.1) is 0 Å². The Morgan fingerprint density at radius 3 is 2.75 bits per heavy atom. The van der Waals surface area contributed by atoms with Gasteiger partial charge in [-0.1, -0.05) is 24.6 Å². The zero-order valence-electron chi connectivity index (χ0n) is 9.96. The summed E-state index contributed by atoms with van der Waals surface area (Å²) in [6.45, 7) is 5.27. The van der Waals surface area contributed by atoms with Crippen molar-refractivity contribution in [3.8, 4) is 0 Å². The molecule has 16 heavy (non-hydrogen) atoms. The molecule has 1 aromatic carbocycles. The summed E-state index contributed by atoms with van der Waals surface area (Å²) < 4.78 is 0. The van der Waals surface area contributed by atoms with Crippen LogP contribution in [0, 0.1) is 6.92 Å². The lowest BCUT2D eigenvalue weighted by Crippen LogP contribution is -2.29. The minimum absolute atomic E-state index is 0.241. The molecule has 0 radical (unpaired) electrons.